The van der Waals surface area contributed by atoms with Crippen molar-refractivity contribution in [2.45, 2.75) is 6.18 Å². The first-order valence-electron chi connectivity index (χ1n) is 3.79. The fourth-order valence-electron chi connectivity index (χ4n) is 0. The summed E-state index contributed by atoms with van der Waals surface area (Å²) in [6, 6.07) is 0. The Balaban J connectivity index is -0.0000000378. The van der Waals surface area contributed by atoms with Crippen molar-refractivity contribution in [3.63, 3.8) is 0 Å². The number of hydrogen-bond donors (Lipinski definition) is 9. The summed E-state index contributed by atoms with van der Waals surface area (Å²) in [6.07, 6.45) is -5.08. The average Bonchev–Trinajstić information content (AvgIpc) is 2.15. The number of hydrogen-bond acceptors (Lipinski definition) is 7. The summed E-state index contributed by atoms with van der Waals surface area (Å²) in [5.74, 6) is -3.42. The number of carbonyl (C=O) groups is 1. The van der Waals surface area contributed by atoms with Crippen LogP contribution in [0, 0.1) is 32.1 Å². The molecule has 0 aromatic heterocycles. The van der Waals surface area contributed by atoms with Gasteiger partial charge >= 0.3 is 29.2 Å². The molecule has 0 aromatic rings. The summed E-state index contributed by atoms with van der Waals surface area (Å²) in [7, 11) is 0. The second-order valence-corrected chi connectivity index (χ2v) is 2.31. The second-order valence-electron chi connectivity index (χ2n) is 1.91. The number of carboxylic acid groups (broad SMARTS) is 1. The summed E-state index contributed by atoms with van der Waals surface area (Å²) < 4.78 is 31.7. The molecule has 0 amide bonds. The van der Waals surface area contributed by atoms with Crippen molar-refractivity contribution in [2.75, 3.05) is 0 Å². The Labute approximate surface area is 144 Å². The zero-order valence-corrected chi connectivity index (χ0v) is 14.5. The Kier molecular flexibility index (Phi) is 45.8. The first kappa shape index (κ1) is 36.8. The Morgan fingerprint density at radius 2 is 1.05 bits per heavy atom. The predicted octanol–water partition coefficient (Wildman–Crippen LogP) is -1.81. The van der Waals surface area contributed by atoms with Crippen molar-refractivity contribution < 1.29 is 23.1 Å². The minimum atomic E-state index is -5.08. The van der Waals surface area contributed by atoms with Crippen molar-refractivity contribution in [3.8, 4) is 10.8 Å². The molecule has 0 rings (SSSR count). The van der Waals surface area contributed by atoms with Gasteiger partial charge in [0.2, 0.25) is 0 Å². The summed E-state index contributed by atoms with van der Waals surface area (Å²) in [5.41, 5.74) is 17.9. The third-order valence-electron chi connectivity index (χ3n) is 0.243. The zero-order valence-electron chi connectivity index (χ0n) is 10.6. The standard InChI is InChI=1S/C2HF3O2.2CH5N3.2CHNS.H2Se/c3-2(4,5)1(6)7;2*2-1(3)4;2*2-1-3;/h(H,6,7);2*(H5,2,3,4);2*3H;1H2. The van der Waals surface area contributed by atoms with Gasteiger partial charge in [0, 0.05) is 0 Å². The van der Waals surface area contributed by atoms with E-state index in [1.807, 2.05) is 0 Å². The van der Waals surface area contributed by atoms with Gasteiger partial charge in [-0.05, 0) is 0 Å². The maximum atomic E-state index is 10.6. The molecular weight excluding hydrogens is 416 g/mol. The number of nitriles is 2. The predicted molar refractivity (Wildman–Crippen MR) is 83.6 cm³/mol. The molecule has 130 valence electrons. The third kappa shape index (κ3) is 325. The fourth-order valence-corrected chi connectivity index (χ4v) is 0. The second kappa shape index (κ2) is 27.4. The number of thiocyanates is 2. The van der Waals surface area contributed by atoms with E-state index >= 15 is 0 Å². The van der Waals surface area contributed by atoms with E-state index in [1.165, 1.54) is 10.8 Å². The molecule has 11 N–H and O–H groups in total. The van der Waals surface area contributed by atoms with Gasteiger partial charge in [0.15, 0.2) is 11.9 Å². The van der Waals surface area contributed by atoms with Crippen LogP contribution in [-0.2, 0) is 4.79 Å². The maximum absolute atomic E-state index is 10.6. The van der Waals surface area contributed by atoms with Gasteiger partial charge in [-0.25, -0.2) is 4.79 Å². The molecule has 0 aliphatic heterocycles. The Hall–Kier alpha value is -2.00. The van der Waals surface area contributed by atoms with E-state index in [4.69, 9.17) is 31.2 Å². The van der Waals surface area contributed by atoms with Crippen LogP contribution in [0.4, 0.5) is 13.2 Å². The molecule has 0 aliphatic carbocycles. The Morgan fingerprint density at radius 1 is 1.00 bits per heavy atom. The van der Waals surface area contributed by atoms with Crippen LogP contribution in [0.2, 0.25) is 0 Å². The molecule has 0 heterocycles. The van der Waals surface area contributed by atoms with E-state index in [0.29, 0.717) is 0 Å². The van der Waals surface area contributed by atoms with Crippen LogP contribution in [0.3, 0.4) is 0 Å². The molecule has 0 spiro atoms. The Bertz CT molecular complexity index is 350. The number of alkyl halides is 3. The van der Waals surface area contributed by atoms with Crippen molar-refractivity contribution in [3.05, 3.63) is 0 Å². The molecule has 0 aliphatic rings. The van der Waals surface area contributed by atoms with Crippen LogP contribution < -0.4 is 22.9 Å². The molecule has 0 radical (unpaired) electrons. The molecule has 0 aromatic carbocycles. The molecule has 22 heavy (non-hydrogen) atoms. The van der Waals surface area contributed by atoms with Crippen molar-refractivity contribution in [1.82, 2.24) is 0 Å². The normalized spacial score (nSPS) is 6.50. The van der Waals surface area contributed by atoms with Crippen LogP contribution in [0.15, 0.2) is 0 Å². The quantitative estimate of drug-likeness (QED) is 0.0694. The first-order chi connectivity index (χ1) is 9.24. The van der Waals surface area contributed by atoms with Crippen LogP contribution in [0.5, 0.6) is 0 Å². The number of nitrogens with zero attached hydrogens (tertiary/aromatic N) is 2. The molecule has 0 saturated carbocycles. The van der Waals surface area contributed by atoms with Crippen LogP contribution in [-0.4, -0.2) is 46.2 Å². The van der Waals surface area contributed by atoms with Crippen molar-refractivity contribution in [2.24, 2.45) is 22.9 Å². The zero-order chi connectivity index (χ0) is 18.6. The SMILES string of the molecule is N#CS.N#CS.N=C(N)N.N=C(N)N.O=C(O)C(F)(F)F.[SeH2]. The molecular formula is C6H15F3N8O2S2Se. The van der Waals surface area contributed by atoms with Gasteiger partial charge in [-0.3, -0.25) is 10.8 Å². The van der Waals surface area contributed by atoms with Crippen LogP contribution >= 0.6 is 25.3 Å². The average molecular weight is 431 g/mol. The third-order valence-corrected chi connectivity index (χ3v) is 0.243. The van der Waals surface area contributed by atoms with Gasteiger partial charge in [0.1, 0.15) is 10.8 Å². The van der Waals surface area contributed by atoms with Gasteiger partial charge in [-0.1, -0.05) is 25.3 Å². The van der Waals surface area contributed by atoms with E-state index < -0.39 is 12.1 Å². The topological polar surface area (TPSA) is 237 Å². The summed E-state index contributed by atoms with van der Waals surface area (Å²) in [5, 5.41) is 36.5. The molecule has 0 fully saturated rings. The van der Waals surface area contributed by atoms with E-state index in [2.05, 4.69) is 48.2 Å². The van der Waals surface area contributed by atoms with E-state index in [9.17, 15) is 13.2 Å². The number of nitrogens with two attached hydrogens (primary N) is 4. The number of carboxylic acids is 1. The van der Waals surface area contributed by atoms with E-state index in [1.54, 1.807) is 0 Å². The van der Waals surface area contributed by atoms with Crippen molar-refractivity contribution in [1.29, 1.82) is 21.3 Å². The first-order valence-corrected chi connectivity index (χ1v) is 4.69. The summed E-state index contributed by atoms with van der Waals surface area (Å²) >= 11 is 6.19. The van der Waals surface area contributed by atoms with Gasteiger partial charge in [0.25, 0.3) is 0 Å². The number of rotatable bonds is 0. The molecule has 0 saturated heterocycles. The number of aliphatic carboxylic acids is 1. The number of nitrogens with one attached hydrogen (secondary N) is 2. The number of halogens is 3. The van der Waals surface area contributed by atoms with E-state index in [0.717, 1.165) is 0 Å². The van der Waals surface area contributed by atoms with E-state index in [-0.39, 0.29) is 29.0 Å². The molecule has 0 bridgehead atoms. The van der Waals surface area contributed by atoms with Gasteiger partial charge in [-0.15, -0.1) is 0 Å². The van der Waals surface area contributed by atoms with Crippen LogP contribution in [0.1, 0.15) is 0 Å². The monoisotopic (exact) mass is 432 g/mol. The number of thiol groups is 2. The summed E-state index contributed by atoms with van der Waals surface area (Å²) in [6.45, 7) is 0. The van der Waals surface area contributed by atoms with Gasteiger partial charge in [-0.2, -0.15) is 23.7 Å². The van der Waals surface area contributed by atoms with Gasteiger partial charge < -0.3 is 28.0 Å². The minimum absolute atomic E-state index is 0. The molecule has 0 unspecified atom stereocenters. The molecule has 10 nitrogen and oxygen atoms in total. The number of guanidine groups is 2. The summed E-state index contributed by atoms with van der Waals surface area (Å²) in [4.78, 5) is 8.90. The Morgan fingerprint density at radius 3 is 1.05 bits per heavy atom. The van der Waals surface area contributed by atoms with Crippen LogP contribution in [0.25, 0.3) is 0 Å². The fraction of sp³-hybridized carbons (Fsp3) is 0.167. The molecule has 0 atom stereocenters. The van der Waals surface area contributed by atoms with Gasteiger partial charge in [0.05, 0.1) is 0 Å². The molecule has 16 heteroatoms. The van der Waals surface area contributed by atoms with Crippen molar-refractivity contribution >= 4 is 60.2 Å².